The van der Waals surface area contributed by atoms with Crippen molar-refractivity contribution in [3.05, 3.63) is 30.0 Å². The van der Waals surface area contributed by atoms with Crippen LogP contribution < -0.4 is 15.5 Å². The van der Waals surface area contributed by atoms with Gasteiger partial charge in [0.25, 0.3) is 5.91 Å². The highest BCUT2D eigenvalue weighted by Crippen LogP contribution is 2.20. The van der Waals surface area contributed by atoms with Crippen molar-refractivity contribution in [2.24, 2.45) is 0 Å². The van der Waals surface area contributed by atoms with Gasteiger partial charge in [0.05, 0.1) is 26.2 Å². The summed E-state index contributed by atoms with van der Waals surface area (Å²) in [5.41, 5.74) is 2.13. The summed E-state index contributed by atoms with van der Waals surface area (Å²) in [6.07, 6.45) is 0. The number of aromatic amines is 1. The first kappa shape index (κ1) is 17.0. The van der Waals surface area contributed by atoms with E-state index in [9.17, 15) is 9.59 Å². The Balaban J connectivity index is 2.02. The first-order chi connectivity index (χ1) is 11.0. The summed E-state index contributed by atoms with van der Waals surface area (Å²) in [6, 6.07) is 7.33. The molecule has 1 aromatic heterocycles. The lowest BCUT2D eigenvalue weighted by Crippen LogP contribution is -3.12. The van der Waals surface area contributed by atoms with Crippen molar-refractivity contribution in [3.63, 3.8) is 0 Å². The number of quaternary nitrogens is 1. The van der Waals surface area contributed by atoms with E-state index < -0.39 is 0 Å². The smallest absolute Gasteiger partial charge is 0.267 e. The van der Waals surface area contributed by atoms with Crippen molar-refractivity contribution in [1.82, 2.24) is 10.3 Å². The Morgan fingerprint density at radius 1 is 1.17 bits per heavy atom. The zero-order chi connectivity index (χ0) is 16.8. The summed E-state index contributed by atoms with van der Waals surface area (Å²) in [5, 5.41) is 6.58. The molecule has 1 heterocycles. The van der Waals surface area contributed by atoms with Crippen LogP contribution in [0.5, 0.6) is 0 Å². The predicted octanol–water partition coefficient (Wildman–Crippen LogP) is 0.781. The van der Waals surface area contributed by atoms with Crippen LogP contribution in [0.1, 0.15) is 31.3 Å². The largest absolute Gasteiger partial charge is 0.351 e. The fraction of sp³-hybridized carbons (Fsp3) is 0.412. The van der Waals surface area contributed by atoms with Crippen molar-refractivity contribution in [3.8, 4) is 0 Å². The highest BCUT2D eigenvalue weighted by molar-refractivity contribution is 5.99. The van der Waals surface area contributed by atoms with Gasteiger partial charge in [-0.25, -0.2) is 0 Å². The summed E-state index contributed by atoms with van der Waals surface area (Å²) in [7, 11) is 0. The maximum absolute atomic E-state index is 12.2. The number of nitrogens with one attached hydrogen (secondary N) is 4. The van der Waals surface area contributed by atoms with Gasteiger partial charge in [-0.15, -0.1) is 0 Å². The van der Waals surface area contributed by atoms with E-state index in [0.29, 0.717) is 12.2 Å². The first-order valence-electron chi connectivity index (χ1n) is 8.05. The number of carbonyl (C=O) groups is 2. The maximum Gasteiger partial charge on any atom is 0.267 e. The molecule has 0 saturated carbocycles. The number of H-pyrrole nitrogens is 1. The average Bonchev–Trinajstić information content (AvgIpc) is 2.94. The summed E-state index contributed by atoms with van der Waals surface area (Å²) in [4.78, 5) is 27.9. The molecule has 2 amide bonds. The molecule has 0 aliphatic heterocycles. The molecule has 0 spiro atoms. The number of likely N-dealkylation sites (N-methyl/N-ethyl adjacent to an activating group) is 1. The number of carbonyl (C=O) groups excluding carboxylic acids is 2. The van der Waals surface area contributed by atoms with Crippen LogP contribution in [-0.2, 0) is 4.79 Å². The molecule has 23 heavy (non-hydrogen) atoms. The van der Waals surface area contributed by atoms with Gasteiger partial charge in [-0.2, -0.15) is 0 Å². The third-order valence-corrected chi connectivity index (χ3v) is 3.95. The standard InChI is InChI=1S/C17H24N4O2/c1-4-21(5-2)9-8-18-17(23)16-11-13-10-14(19-12(3)22)6-7-15(13)20-16/h6-7,10-11,20H,4-5,8-9H2,1-3H3,(H,18,23)(H,19,22)/p+1. The Hall–Kier alpha value is -2.34. The number of rotatable bonds is 7. The third kappa shape index (κ3) is 4.56. The minimum absolute atomic E-state index is 0.103. The van der Waals surface area contributed by atoms with Gasteiger partial charge in [0.2, 0.25) is 5.91 Å². The Morgan fingerprint density at radius 2 is 1.91 bits per heavy atom. The molecule has 6 nitrogen and oxygen atoms in total. The highest BCUT2D eigenvalue weighted by Gasteiger charge is 2.11. The summed E-state index contributed by atoms with van der Waals surface area (Å²) >= 11 is 0. The van der Waals surface area contributed by atoms with Crippen LogP contribution in [0.25, 0.3) is 10.9 Å². The molecular formula is C17H25N4O2+. The van der Waals surface area contributed by atoms with Gasteiger partial charge >= 0.3 is 0 Å². The van der Waals surface area contributed by atoms with Crippen LogP contribution >= 0.6 is 0 Å². The van der Waals surface area contributed by atoms with Crippen molar-refractivity contribution in [2.45, 2.75) is 20.8 Å². The van der Waals surface area contributed by atoms with Crippen LogP contribution in [0.3, 0.4) is 0 Å². The Kier molecular flexibility index (Phi) is 5.76. The van der Waals surface area contributed by atoms with Gasteiger partial charge in [0.15, 0.2) is 0 Å². The lowest BCUT2D eigenvalue weighted by atomic mass is 10.2. The van der Waals surface area contributed by atoms with E-state index in [1.54, 1.807) is 6.07 Å². The van der Waals surface area contributed by atoms with Gasteiger partial charge in [-0.05, 0) is 38.1 Å². The predicted molar refractivity (Wildman–Crippen MR) is 91.8 cm³/mol. The maximum atomic E-state index is 12.2. The molecule has 0 bridgehead atoms. The number of fused-ring (bicyclic) bond motifs is 1. The SMILES string of the molecule is CC[NH+](CC)CCNC(=O)c1cc2cc(NC(C)=O)ccc2[nH]1. The first-order valence-corrected chi connectivity index (χ1v) is 8.05. The molecular weight excluding hydrogens is 292 g/mol. The molecule has 0 aliphatic rings. The molecule has 0 fully saturated rings. The number of aromatic nitrogens is 1. The summed E-state index contributed by atoms with van der Waals surface area (Å²) < 4.78 is 0. The van der Waals surface area contributed by atoms with Crippen molar-refractivity contribution in [2.75, 3.05) is 31.5 Å². The van der Waals surface area contributed by atoms with Gasteiger partial charge < -0.3 is 20.5 Å². The van der Waals surface area contributed by atoms with Gasteiger partial charge in [-0.1, -0.05) is 0 Å². The molecule has 1 aromatic carbocycles. The second-order valence-electron chi connectivity index (χ2n) is 5.63. The normalized spacial score (nSPS) is 11.0. The Labute approximate surface area is 136 Å². The lowest BCUT2D eigenvalue weighted by Gasteiger charge is -2.15. The van der Waals surface area contributed by atoms with E-state index in [1.165, 1.54) is 11.8 Å². The van der Waals surface area contributed by atoms with Crippen LogP contribution in [0, 0.1) is 0 Å². The van der Waals surface area contributed by atoms with E-state index in [1.807, 2.05) is 18.2 Å². The molecule has 2 aromatic rings. The second kappa shape index (κ2) is 7.78. The lowest BCUT2D eigenvalue weighted by molar-refractivity contribution is -0.895. The monoisotopic (exact) mass is 317 g/mol. The Bertz CT molecular complexity index is 689. The average molecular weight is 317 g/mol. The molecule has 0 radical (unpaired) electrons. The minimum atomic E-state index is -0.114. The molecule has 0 saturated heterocycles. The van der Waals surface area contributed by atoms with Crippen LogP contribution in [0.4, 0.5) is 5.69 Å². The van der Waals surface area contributed by atoms with Gasteiger partial charge in [0, 0.05) is 23.5 Å². The molecule has 2 rings (SSSR count). The third-order valence-electron chi connectivity index (χ3n) is 3.95. The highest BCUT2D eigenvalue weighted by atomic mass is 16.2. The molecule has 0 aliphatic carbocycles. The second-order valence-corrected chi connectivity index (χ2v) is 5.63. The number of hydrogen-bond donors (Lipinski definition) is 4. The van der Waals surface area contributed by atoms with Crippen molar-refractivity contribution >= 4 is 28.4 Å². The summed E-state index contributed by atoms with van der Waals surface area (Å²) in [6.45, 7) is 9.46. The zero-order valence-electron chi connectivity index (χ0n) is 14.0. The van der Waals surface area contributed by atoms with E-state index in [4.69, 9.17) is 0 Å². The number of benzene rings is 1. The molecule has 6 heteroatoms. The fourth-order valence-electron chi connectivity index (χ4n) is 2.59. The van der Waals surface area contributed by atoms with Crippen molar-refractivity contribution in [1.29, 1.82) is 0 Å². The van der Waals surface area contributed by atoms with Crippen molar-refractivity contribution < 1.29 is 14.5 Å². The molecule has 0 unspecified atom stereocenters. The van der Waals surface area contributed by atoms with E-state index >= 15 is 0 Å². The fourth-order valence-corrected chi connectivity index (χ4v) is 2.59. The van der Waals surface area contributed by atoms with Gasteiger partial charge in [0.1, 0.15) is 5.69 Å². The van der Waals surface area contributed by atoms with Crippen LogP contribution in [0.15, 0.2) is 24.3 Å². The number of amides is 2. The van der Waals surface area contributed by atoms with E-state index in [-0.39, 0.29) is 11.8 Å². The zero-order valence-corrected chi connectivity index (χ0v) is 14.0. The molecule has 0 atom stereocenters. The van der Waals surface area contributed by atoms with E-state index in [0.717, 1.165) is 36.2 Å². The number of anilines is 1. The molecule has 124 valence electrons. The topological polar surface area (TPSA) is 78.4 Å². The minimum Gasteiger partial charge on any atom is -0.351 e. The Morgan fingerprint density at radius 3 is 2.57 bits per heavy atom. The van der Waals surface area contributed by atoms with Gasteiger partial charge in [-0.3, -0.25) is 9.59 Å². The van der Waals surface area contributed by atoms with Crippen LogP contribution in [-0.4, -0.2) is 43.0 Å². The van der Waals surface area contributed by atoms with Crippen LogP contribution in [0.2, 0.25) is 0 Å². The quantitative estimate of drug-likeness (QED) is 0.609. The number of hydrogen-bond acceptors (Lipinski definition) is 2. The van der Waals surface area contributed by atoms with E-state index in [2.05, 4.69) is 29.5 Å². The summed E-state index contributed by atoms with van der Waals surface area (Å²) in [5.74, 6) is -0.217. The molecule has 4 N–H and O–H groups in total.